The van der Waals surface area contributed by atoms with Crippen molar-refractivity contribution < 1.29 is 18.6 Å². The highest BCUT2D eigenvalue weighted by atomic mass is 35.5. The molecule has 4 aromatic rings. The fourth-order valence-electron chi connectivity index (χ4n) is 2.61. The normalized spacial score (nSPS) is 11.1. The molecule has 0 radical (unpaired) electrons. The van der Waals surface area contributed by atoms with Gasteiger partial charge in [-0.05, 0) is 42.4 Å². The van der Waals surface area contributed by atoms with Gasteiger partial charge >= 0.3 is 5.97 Å². The molecule has 0 aliphatic rings. The second-order valence-electron chi connectivity index (χ2n) is 5.58. The van der Waals surface area contributed by atoms with E-state index in [1.54, 1.807) is 43.3 Å². The molecule has 0 spiro atoms. The number of aromatic nitrogens is 2. The predicted molar refractivity (Wildman–Crippen MR) is 101 cm³/mol. The maximum absolute atomic E-state index is 12.8. The monoisotopic (exact) mass is 422 g/mol. The molecule has 9 heteroatoms. The first-order valence-electron chi connectivity index (χ1n) is 7.63. The highest BCUT2D eigenvalue weighted by Gasteiger charge is 2.27. The maximum Gasteiger partial charge on any atom is 0.350 e. The van der Waals surface area contributed by atoms with Gasteiger partial charge in [-0.3, -0.25) is 0 Å². The summed E-state index contributed by atoms with van der Waals surface area (Å²) in [5.41, 5.74) is 1.07. The Hall–Kier alpha value is -2.54. The minimum Gasteiger partial charge on any atom is -0.400 e. The van der Waals surface area contributed by atoms with E-state index in [0.717, 1.165) is 0 Å². The topological polar surface area (TPSA) is 78.4 Å². The minimum absolute atomic E-state index is 0.0192. The van der Waals surface area contributed by atoms with Crippen LogP contribution in [0.4, 0.5) is 0 Å². The second-order valence-corrected chi connectivity index (χ2v) is 6.83. The summed E-state index contributed by atoms with van der Waals surface area (Å²) in [6.07, 6.45) is 0. The fourth-order valence-corrected chi connectivity index (χ4v) is 3.36. The van der Waals surface area contributed by atoms with Crippen LogP contribution in [-0.2, 0) is 0 Å². The standard InChI is InChI=1S/C18H9Cl3N2O4/c1-8-14(16(22-26-8)15-11(20)3-2-4-12(15)21)18(24)25-17-10-7-9(19)5-6-13(10)27-23-17/h2-7H,1H3. The summed E-state index contributed by atoms with van der Waals surface area (Å²) in [5.74, 6) is -0.513. The Labute approximate surface area is 167 Å². The highest BCUT2D eigenvalue weighted by molar-refractivity contribution is 6.39. The van der Waals surface area contributed by atoms with Gasteiger partial charge in [-0.15, -0.1) is 0 Å². The summed E-state index contributed by atoms with van der Waals surface area (Å²) in [5, 5.41) is 9.26. The van der Waals surface area contributed by atoms with Crippen molar-refractivity contribution in [3.05, 3.63) is 62.8 Å². The van der Waals surface area contributed by atoms with E-state index in [2.05, 4.69) is 10.3 Å². The summed E-state index contributed by atoms with van der Waals surface area (Å²) in [4.78, 5) is 12.8. The van der Waals surface area contributed by atoms with Crippen molar-refractivity contribution in [3.8, 4) is 17.1 Å². The molecule has 0 amide bonds. The van der Waals surface area contributed by atoms with Crippen molar-refractivity contribution in [2.24, 2.45) is 0 Å². The van der Waals surface area contributed by atoms with Crippen molar-refractivity contribution in [1.82, 2.24) is 10.3 Å². The third-order valence-electron chi connectivity index (χ3n) is 3.85. The number of ether oxygens (including phenoxy) is 1. The lowest BCUT2D eigenvalue weighted by Crippen LogP contribution is -2.11. The molecule has 0 unspecified atom stereocenters. The molecular formula is C18H9Cl3N2O4. The first-order valence-corrected chi connectivity index (χ1v) is 8.77. The molecule has 6 nitrogen and oxygen atoms in total. The summed E-state index contributed by atoms with van der Waals surface area (Å²) >= 11 is 18.4. The fraction of sp³-hybridized carbons (Fsp3) is 0.0556. The van der Waals surface area contributed by atoms with E-state index in [1.165, 1.54) is 0 Å². The number of fused-ring (bicyclic) bond motifs is 1. The Balaban J connectivity index is 1.77. The summed E-state index contributed by atoms with van der Waals surface area (Å²) in [6.45, 7) is 1.58. The minimum atomic E-state index is -0.741. The lowest BCUT2D eigenvalue weighted by molar-refractivity contribution is 0.0722. The van der Waals surface area contributed by atoms with Gasteiger partial charge in [-0.1, -0.05) is 46.0 Å². The van der Waals surface area contributed by atoms with Crippen molar-refractivity contribution in [2.45, 2.75) is 6.92 Å². The zero-order chi connectivity index (χ0) is 19.1. The van der Waals surface area contributed by atoms with E-state index >= 15 is 0 Å². The molecule has 2 heterocycles. The van der Waals surface area contributed by atoms with Crippen LogP contribution in [-0.4, -0.2) is 16.3 Å². The molecule has 0 aliphatic carbocycles. The maximum atomic E-state index is 12.8. The molecule has 0 bridgehead atoms. The van der Waals surface area contributed by atoms with Gasteiger partial charge in [-0.25, -0.2) is 4.79 Å². The first kappa shape index (κ1) is 17.9. The average molecular weight is 424 g/mol. The van der Waals surface area contributed by atoms with E-state index in [4.69, 9.17) is 48.6 Å². The number of hydrogen-bond acceptors (Lipinski definition) is 6. The molecular weight excluding hydrogens is 415 g/mol. The van der Waals surface area contributed by atoms with Gasteiger partial charge in [0.2, 0.25) is 0 Å². The lowest BCUT2D eigenvalue weighted by atomic mass is 10.1. The number of aryl methyl sites for hydroxylation is 1. The van der Waals surface area contributed by atoms with Crippen LogP contribution in [0.15, 0.2) is 45.4 Å². The predicted octanol–water partition coefficient (Wildman–Crippen LogP) is 5.97. The zero-order valence-corrected chi connectivity index (χ0v) is 15.9. The molecule has 0 aliphatic heterocycles. The number of carbonyl (C=O) groups is 1. The van der Waals surface area contributed by atoms with Gasteiger partial charge in [0.15, 0.2) is 5.58 Å². The van der Waals surface area contributed by atoms with E-state index in [-0.39, 0.29) is 22.9 Å². The quantitative estimate of drug-likeness (QED) is 0.378. The summed E-state index contributed by atoms with van der Waals surface area (Å²) in [6, 6.07) is 9.81. The molecule has 27 heavy (non-hydrogen) atoms. The number of hydrogen-bond donors (Lipinski definition) is 0. The van der Waals surface area contributed by atoms with Crippen LogP contribution in [0.3, 0.4) is 0 Å². The third kappa shape index (κ3) is 3.16. The molecule has 136 valence electrons. The van der Waals surface area contributed by atoms with Gasteiger partial charge in [0.1, 0.15) is 17.0 Å². The van der Waals surface area contributed by atoms with Gasteiger partial charge in [0, 0.05) is 10.6 Å². The smallest absolute Gasteiger partial charge is 0.350 e. The number of halogens is 3. The van der Waals surface area contributed by atoms with Gasteiger partial charge < -0.3 is 13.8 Å². The van der Waals surface area contributed by atoms with Gasteiger partial charge in [0.25, 0.3) is 5.88 Å². The largest absolute Gasteiger partial charge is 0.400 e. The van der Waals surface area contributed by atoms with Gasteiger partial charge in [0.05, 0.1) is 15.4 Å². The van der Waals surface area contributed by atoms with Crippen LogP contribution in [0, 0.1) is 6.92 Å². The highest BCUT2D eigenvalue weighted by Crippen LogP contribution is 2.37. The molecule has 2 aromatic carbocycles. The van der Waals surface area contributed by atoms with Crippen LogP contribution in [0.25, 0.3) is 22.2 Å². The van der Waals surface area contributed by atoms with Crippen LogP contribution in [0.1, 0.15) is 16.1 Å². The Bertz CT molecular complexity index is 1160. The Morgan fingerprint density at radius 2 is 1.78 bits per heavy atom. The van der Waals surface area contributed by atoms with E-state index in [1.807, 2.05) is 0 Å². The Morgan fingerprint density at radius 1 is 1.04 bits per heavy atom. The molecule has 0 saturated heterocycles. The number of nitrogens with zero attached hydrogens (tertiary/aromatic N) is 2. The molecule has 0 saturated carbocycles. The SMILES string of the molecule is Cc1onc(-c2c(Cl)cccc2Cl)c1C(=O)Oc1noc2ccc(Cl)cc12. The molecule has 0 atom stereocenters. The van der Waals surface area contributed by atoms with Crippen molar-refractivity contribution in [2.75, 3.05) is 0 Å². The Kier molecular flexibility index (Phi) is 4.55. The molecule has 0 fully saturated rings. The van der Waals surface area contributed by atoms with Crippen LogP contribution in [0.2, 0.25) is 15.1 Å². The van der Waals surface area contributed by atoms with Crippen LogP contribution >= 0.6 is 34.8 Å². The summed E-state index contributed by atoms with van der Waals surface area (Å²) < 4.78 is 15.7. The van der Waals surface area contributed by atoms with Crippen molar-refractivity contribution in [3.63, 3.8) is 0 Å². The van der Waals surface area contributed by atoms with Crippen molar-refractivity contribution >= 4 is 51.7 Å². The molecule has 4 rings (SSSR count). The van der Waals surface area contributed by atoms with E-state index in [9.17, 15) is 4.79 Å². The van der Waals surface area contributed by atoms with E-state index < -0.39 is 5.97 Å². The van der Waals surface area contributed by atoms with Gasteiger partial charge in [-0.2, -0.15) is 0 Å². The van der Waals surface area contributed by atoms with E-state index in [0.29, 0.717) is 31.6 Å². The average Bonchev–Trinajstić information content (AvgIpc) is 3.18. The van der Waals surface area contributed by atoms with Crippen LogP contribution in [0.5, 0.6) is 5.88 Å². The zero-order valence-electron chi connectivity index (χ0n) is 13.6. The first-order chi connectivity index (χ1) is 13.0. The summed E-state index contributed by atoms with van der Waals surface area (Å²) in [7, 11) is 0. The molecule has 2 aromatic heterocycles. The Morgan fingerprint density at radius 3 is 2.52 bits per heavy atom. The number of carbonyl (C=O) groups excluding carboxylic acids is 1. The third-order valence-corrected chi connectivity index (χ3v) is 4.72. The number of benzene rings is 2. The molecule has 0 N–H and O–H groups in total. The van der Waals surface area contributed by atoms with Crippen LogP contribution < -0.4 is 4.74 Å². The number of rotatable bonds is 3. The van der Waals surface area contributed by atoms with Crippen molar-refractivity contribution in [1.29, 1.82) is 0 Å². The lowest BCUT2D eigenvalue weighted by Gasteiger charge is -2.06. The number of esters is 1. The second kappa shape index (κ2) is 6.88.